The maximum Gasteiger partial charge on any atom is 0.336 e. The van der Waals surface area contributed by atoms with Gasteiger partial charge in [-0.2, -0.15) is 0 Å². The molecule has 8 heteroatoms. The number of carbonyl (C=O) groups is 3. The number of ketones is 1. The molecule has 0 bridgehead atoms. The number of benzene rings is 2. The van der Waals surface area contributed by atoms with Gasteiger partial charge in [0.25, 0.3) is 11.6 Å². The van der Waals surface area contributed by atoms with E-state index < -0.39 is 22.6 Å². The molecule has 0 radical (unpaired) electrons. The number of carboxylic acids is 1. The molecule has 2 rings (SSSR count). The summed E-state index contributed by atoms with van der Waals surface area (Å²) in [4.78, 5) is 48.5. The van der Waals surface area contributed by atoms with Gasteiger partial charge >= 0.3 is 5.97 Å². The molecule has 164 valence electrons. The lowest BCUT2D eigenvalue weighted by Crippen LogP contribution is -2.26. The van der Waals surface area contributed by atoms with Gasteiger partial charge in [-0.3, -0.25) is 19.7 Å². The van der Waals surface area contributed by atoms with Crippen LogP contribution in [0, 0.1) is 37.8 Å². The third kappa shape index (κ3) is 4.63. The second kappa shape index (κ2) is 9.51. The molecule has 2 N–H and O–H groups in total. The van der Waals surface area contributed by atoms with E-state index in [0.717, 1.165) is 12.8 Å². The van der Waals surface area contributed by atoms with E-state index in [9.17, 15) is 29.6 Å². The van der Waals surface area contributed by atoms with Crippen LogP contribution in [0.5, 0.6) is 0 Å². The van der Waals surface area contributed by atoms with Crippen molar-refractivity contribution in [3.63, 3.8) is 0 Å². The maximum atomic E-state index is 13.3. The lowest BCUT2D eigenvalue weighted by molar-refractivity contribution is -0.386. The summed E-state index contributed by atoms with van der Waals surface area (Å²) in [5.41, 5.74) is 1.91. The normalized spacial score (nSPS) is 10.6. The van der Waals surface area contributed by atoms with E-state index in [1.54, 1.807) is 27.7 Å². The first-order chi connectivity index (χ1) is 14.5. The Hall–Kier alpha value is -3.55. The van der Waals surface area contributed by atoms with Crippen molar-refractivity contribution in [3.8, 4) is 0 Å². The van der Waals surface area contributed by atoms with E-state index >= 15 is 0 Å². The summed E-state index contributed by atoms with van der Waals surface area (Å²) < 4.78 is 0. The molecule has 0 aliphatic carbocycles. The van der Waals surface area contributed by atoms with E-state index in [-0.39, 0.29) is 22.4 Å². The van der Waals surface area contributed by atoms with Gasteiger partial charge in [-0.15, -0.1) is 0 Å². The molecule has 8 nitrogen and oxygen atoms in total. The van der Waals surface area contributed by atoms with E-state index in [2.05, 4.69) is 5.32 Å². The molecule has 0 spiro atoms. The number of nitrogens with one attached hydrogen (secondary N) is 1. The zero-order chi connectivity index (χ0) is 23.5. The van der Waals surface area contributed by atoms with Crippen LogP contribution in [0.3, 0.4) is 0 Å². The van der Waals surface area contributed by atoms with E-state index in [4.69, 9.17) is 0 Å². The highest BCUT2D eigenvalue weighted by Crippen LogP contribution is 2.33. The molecule has 0 saturated carbocycles. The molecule has 0 heterocycles. The van der Waals surface area contributed by atoms with Gasteiger partial charge in [-0.1, -0.05) is 19.4 Å². The smallest absolute Gasteiger partial charge is 0.336 e. The number of amides is 1. The Labute approximate surface area is 180 Å². The largest absolute Gasteiger partial charge is 0.478 e. The molecule has 0 unspecified atom stereocenters. The van der Waals surface area contributed by atoms with Crippen LogP contribution in [0.1, 0.15) is 78.7 Å². The highest BCUT2D eigenvalue weighted by Gasteiger charge is 2.27. The predicted octanol–water partition coefficient (Wildman–Crippen LogP) is 4.29. The first-order valence-corrected chi connectivity index (χ1v) is 9.97. The van der Waals surface area contributed by atoms with Crippen LogP contribution in [0.15, 0.2) is 18.2 Å². The Balaban J connectivity index is 2.61. The number of nitro groups is 1. The fraction of sp³-hybridized carbons (Fsp3) is 0.348. The van der Waals surface area contributed by atoms with E-state index in [0.29, 0.717) is 34.4 Å². The summed E-state index contributed by atoms with van der Waals surface area (Å²) in [5, 5.41) is 23.6. The average molecular weight is 426 g/mol. The molecule has 0 fully saturated rings. The maximum absolute atomic E-state index is 13.3. The molecule has 1 amide bonds. The molecule has 0 aliphatic rings. The number of unbranched alkanes of at least 4 members (excludes halogenated alkanes) is 1. The number of nitrogens with zero attached hydrogens (tertiary/aromatic N) is 1. The predicted molar refractivity (Wildman–Crippen MR) is 116 cm³/mol. The van der Waals surface area contributed by atoms with Gasteiger partial charge < -0.3 is 10.4 Å². The van der Waals surface area contributed by atoms with Crippen LogP contribution in [0.2, 0.25) is 0 Å². The molecule has 31 heavy (non-hydrogen) atoms. The molecule has 0 aliphatic heterocycles. The number of rotatable bonds is 8. The molecule has 0 saturated heterocycles. The minimum Gasteiger partial charge on any atom is -0.478 e. The summed E-state index contributed by atoms with van der Waals surface area (Å²) in [6.45, 7) is 8.84. The molecule has 0 aromatic heterocycles. The van der Waals surface area contributed by atoms with Crippen LogP contribution < -0.4 is 5.32 Å². The molecule has 2 aromatic carbocycles. The average Bonchev–Trinajstić information content (AvgIpc) is 2.71. The van der Waals surface area contributed by atoms with Crippen LogP contribution in [-0.2, 0) is 0 Å². The lowest BCUT2D eigenvalue weighted by Gasteiger charge is -2.16. The van der Waals surface area contributed by atoms with Gasteiger partial charge in [0.15, 0.2) is 5.78 Å². The molecule has 0 atom stereocenters. The number of hydrogen-bond donors (Lipinski definition) is 2. The van der Waals surface area contributed by atoms with E-state index in [1.807, 2.05) is 6.92 Å². The minimum absolute atomic E-state index is 0.0243. The molecule has 2 aromatic rings. The van der Waals surface area contributed by atoms with Crippen molar-refractivity contribution in [3.05, 3.63) is 72.8 Å². The molecular formula is C23H26N2O6. The summed E-state index contributed by atoms with van der Waals surface area (Å²) in [7, 11) is 0. The Morgan fingerprint density at radius 1 is 1.00 bits per heavy atom. The minimum atomic E-state index is -1.27. The number of carbonyl (C=O) groups excluding carboxylic acids is 2. The summed E-state index contributed by atoms with van der Waals surface area (Å²) in [5.74, 6) is -2.25. The van der Waals surface area contributed by atoms with Crippen molar-refractivity contribution in [2.45, 2.75) is 47.5 Å². The number of carboxylic acid groups (broad SMARTS) is 1. The highest BCUT2D eigenvalue weighted by atomic mass is 16.6. The second-order valence-electron chi connectivity index (χ2n) is 7.48. The van der Waals surface area contributed by atoms with Crippen molar-refractivity contribution >= 4 is 23.3 Å². The summed E-state index contributed by atoms with van der Waals surface area (Å²) in [6, 6.07) is 3.87. The van der Waals surface area contributed by atoms with Gasteiger partial charge in [0.1, 0.15) is 0 Å². The Morgan fingerprint density at radius 2 is 1.58 bits per heavy atom. The summed E-state index contributed by atoms with van der Waals surface area (Å²) in [6.07, 6.45) is 1.61. The SMILES string of the molecule is CCCCNC(=O)c1cc(C(=O)c2c(C)c(C)c([N+](=O)[O-])c(C)c2C)ccc1C(=O)O. The Kier molecular flexibility index (Phi) is 7.28. The van der Waals surface area contributed by atoms with Crippen molar-refractivity contribution in [2.75, 3.05) is 6.54 Å². The standard InChI is InChI=1S/C23H26N2O6/c1-6-7-10-24-22(27)18-11-16(8-9-17(18)23(28)29)21(26)19-12(2)14(4)20(25(30)31)15(5)13(19)3/h8-9,11H,6-7,10H2,1-5H3,(H,24,27)(H,28,29). The van der Waals surface area contributed by atoms with Gasteiger partial charge in [0.2, 0.25) is 0 Å². The number of aromatic carboxylic acids is 1. The lowest BCUT2D eigenvalue weighted by atomic mass is 9.87. The van der Waals surface area contributed by atoms with Gasteiger partial charge in [0.05, 0.1) is 16.1 Å². The zero-order valence-electron chi connectivity index (χ0n) is 18.3. The second-order valence-corrected chi connectivity index (χ2v) is 7.48. The number of nitro benzene ring substituents is 1. The zero-order valence-corrected chi connectivity index (χ0v) is 18.3. The topological polar surface area (TPSA) is 127 Å². The van der Waals surface area contributed by atoms with Crippen molar-refractivity contribution in [2.24, 2.45) is 0 Å². The quantitative estimate of drug-likeness (QED) is 0.281. The van der Waals surface area contributed by atoms with Crippen molar-refractivity contribution < 1.29 is 24.4 Å². The van der Waals surface area contributed by atoms with Crippen LogP contribution in [0.4, 0.5) is 5.69 Å². The van der Waals surface area contributed by atoms with Crippen molar-refractivity contribution in [1.82, 2.24) is 5.32 Å². The third-order valence-corrected chi connectivity index (χ3v) is 5.57. The first-order valence-electron chi connectivity index (χ1n) is 9.97. The van der Waals surface area contributed by atoms with Crippen molar-refractivity contribution in [1.29, 1.82) is 0 Å². The van der Waals surface area contributed by atoms with Gasteiger partial charge in [0, 0.05) is 28.8 Å². The molecular weight excluding hydrogens is 400 g/mol. The van der Waals surface area contributed by atoms with Crippen LogP contribution in [-0.4, -0.2) is 34.2 Å². The van der Waals surface area contributed by atoms with Gasteiger partial charge in [-0.25, -0.2) is 4.79 Å². The van der Waals surface area contributed by atoms with E-state index in [1.165, 1.54) is 18.2 Å². The summed E-state index contributed by atoms with van der Waals surface area (Å²) >= 11 is 0. The monoisotopic (exact) mass is 426 g/mol. The van der Waals surface area contributed by atoms with Gasteiger partial charge in [-0.05, 0) is 57.4 Å². The fourth-order valence-corrected chi connectivity index (χ4v) is 3.59. The van der Waals surface area contributed by atoms with Crippen LogP contribution in [0.25, 0.3) is 0 Å². The van der Waals surface area contributed by atoms with Crippen LogP contribution >= 0.6 is 0 Å². The third-order valence-electron chi connectivity index (χ3n) is 5.57. The first kappa shape index (κ1) is 23.7. The highest BCUT2D eigenvalue weighted by molar-refractivity contribution is 6.14. The Bertz CT molecular complexity index is 1060. The number of hydrogen-bond acceptors (Lipinski definition) is 5. The Morgan fingerprint density at radius 3 is 2.06 bits per heavy atom. The fourth-order valence-electron chi connectivity index (χ4n) is 3.59.